The molecule has 1 aliphatic heterocycles. The molecule has 11 heavy (non-hydrogen) atoms. The molecule has 1 aliphatic rings. The zero-order valence-corrected chi connectivity index (χ0v) is 7.82. The minimum atomic E-state index is 0.317. The fraction of sp³-hybridized carbons (Fsp3) is 0.667. The van der Waals surface area contributed by atoms with Crippen molar-refractivity contribution in [1.82, 2.24) is 0 Å². The minimum Gasteiger partial charge on any atom is -0.290 e. The lowest BCUT2D eigenvalue weighted by Crippen LogP contribution is -2.15. The van der Waals surface area contributed by atoms with Crippen LogP contribution in [0, 0.1) is 0 Å². The molecule has 0 N–H and O–H groups in total. The van der Waals surface area contributed by atoms with E-state index in [1.165, 1.54) is 24.3 Å². The monoisotopic (exact) mass is 171 g/mol. The van der Waals surface area contributed by atoms with Gasteiger partial charge < -0.3 is 0 Å². The summed E-state index contributed by atoms with van der Waals surface area (Å²) in [6.07, 6.45) is 6.21. The molecule has 0 atom stereocenters. The van der Waals surface area contributed by atoms with E-state index >= 15 is 0 Å². The molecule has 2 heteroatoms. The molecule has 0 radical (unpaired) electrons. The Morgan fingerprint density at radius 2 is 2.09 bits per heavy atom. The Balaban J connectivity index is 2.23. The molecule has 0 aromatic rings. The second-order valence-electron chi connectivity index (χ2n) is 2.84. The number of carbonyl (C=O) groups excluding carboxylic acids is 1. The van der Waals surface area contributed by atoms with Crippen molar-refractivity contribution in [2.75, 3.05) is 17.3 Å². The van der Waals surface area contributed by atoms with Gasteiger partial charge in [-0.1, -0.05) is 6.08 Å². The Morgan fingerprint density at radius 1 is 1.45 bits per heavy atom. The molecular weight excluding hydrogens is 156 g/mol. The lowest BCUT2D eigenvalue weighted by molar-refractivity contribution is -0.112. The Hall–Kier alpha value is -0.240. The number of ketones is 1. The van der Waals surface area contributed by atoms with E-state index in [2.05, 4.69) is 0 Å². The van der Waals surface area contributed by atoms with Crippen molar-refractivity contribution >= 4 is 16.7 Å². The standard InChI is InChI=1S/C9H15OS/c1-2-5-9(10)8-11-6-3-4-7-11/h2,5H,3-4,6-8H2,1H3/q+1/b5-2+. The Morgan fingerprint density at radius 3 is 2.64 bits per heavy atom. The quantitative estimate of drug-likeness (QED) is 0.465. The van der Waals surface area contributed by atoms with Gasteiger partial charge in [-0.15, -0.1) is 0 Å². The van der Waals surface area contributed by atoms with Crippen LogP contribution in [0.25, 0.3) is 0 Å². The highest BCUT2D eigenvalue weighted by Crippen LogP contribution is 2.13. The maximum atomic E-state index is 11.1. The topological polar surface area (TPSA) is 17.1 Å². The molecule has 1 rings (SSSR count). The normalized spacial score (nSPS) is 19.7. The lowest BCUT2D eigenvalue weighted by Gasteiger charge is -1.95. The van der Waals surface area contributed by atoms with Crippen LogP contribution in [0.15, 0.2) is 12.2 Å². The average Bonchev–Trinajstić information content (AvgIpc) is 2.40. The average molecular weight is 171 g/mol. The molecule has 0 bridgehead atoms. The molecule has 1 saturated heterocycles. The summed E-state index contributed by atoms with van der Waals surface area (Å²) in [5.74, 6) is 3.72. The summed E-state index contributed by atoms with van der Waals surface area (Å²) in [5.41, 5.74) is 0. The van der Waals surface area contributed by atoms with Crippen molar-refractivity contribution in [3.63, 3.8) is 0 Å². The van der Waals surface area contributed by atoms with Gasteiger partial charge in [0, 0.05) is 0 Å². The number of carbonyl (C=O) groups is 1. The zero-order valence-electron chi connectivity index (χ0n) is 7.01. The number of allylic oxidation sites excluding steroid dienone is 2. The summed E-state index contributed by atoms with van der Waals surface area (Å²) in [7, 11) is 0.440. The third kappa shape index (κ3) is 3.10. The van der Waals surface area contributed by atoms with E-state index in [1.807, 2.05) is 13.0 Å². The molecule has 0 aliphatic carbocycles. The van der Waals surface area contributed by atoms with E-state index in [-0.39, 0.29) is 0 Å². The summed E-state index contributed by atoms with van der Waals surface area (Å²) in [4.78, 5) is 11.1. The maximum Gasteiger partial charge on any atom is 0.204 e. The Labute approximate surface area is 71.2 Å². The number of rotatable bonds is 3. The SMILES string of the molecule is C/C=C/C(=O)C[S+]1CCCC1. The van der Waals surface area contributed by atoms with Crippen LogP contribution in [-0.4, -0.2) is 23.0 Å². The molecule has 0 aromatic heterocycles. The summed E-state index contributed by atoms with van der Waals surface area (Å²) < 4.78 is 0. The van der Waals surface area contributed by atoms with Crippen LogP contribution in [0.1, 0.15) is 19.8 Å². The van der Waals surface area contributed by atoms with Gasteiger partial charge in [0.15, 0.2) is 5.75 Å². The molecule has 1 nitrogen and oxygen atoms in total. The van der Waals surface area contributed by atoms with Crippen molar-refractivity contribution in [2.24, 2.45) is 0 Å². The van der Waals surface area contributed by atoms with E-state index in [9.17, 15) is 4.79 Å². The fourth-order valence-corrected chi connectivity index (χ4v) is 3.51. The van der Waals surface area contributed by atoms with Crippen LogP contribution in [0.2, 0.25) is 0 Å². The van der Waals surface area contributed by atoms with Crippen molar-refractivity contribution in [3.05, 3.63) is 12.2 Å². The highest BCUT2D eigenvalue weighted by atomic mass is 32.2. The predicted molar refractivity (Wildman–Crippen MR) is 51.0 cm³/mol. The fourth-order valence-electron chi connectivity index (χ4n) is 1.29. The molecular formula is C9H15OS+. The summed E-state index contributed by atoms with van der Waals surface area (Å²) in [6, 6.07) is 0. The number of hydrogen-bond acceptors (Lipinski definition) is 1. The van der Waals surface area contributed by atoms with Gasteiger partial charge in [-0.3, -0.25) is 4.79 Å². The van der Waals surface area contributed by atoms with Crippen molar-refractivity contribution in [2.45, 2.75) is 19.8 Å². The summed E-state index contributed by atoms with van der Waals surface area (Å²) in [5, 5.41) is 0. The minimum absolute atomic E-state index is 0.317. The van der Waals surface area contributed by atoms with E-state index in [4.69, 9.17) is 0 Å². The third-order valence-electron chi connectivity index (χ3n) is 1.81. The number of hydrogen-bond donors (Lipinski definition) is 0. The first-order chi connectivity index (χ1) is 5.33. The van der Waals surface area contributed by atoms with Gasteiger partial charge in [-0.2, -0.15) is 0 Å². The highest BCUT2D eigenvalue weighted by molar-refractivity contribution is 7.97. The molecule has 1 fully saturated rings. The van der Waals surface area contributed by atoms with Crippen molar-refractivity contribution in [1.29, 1.82) is 0 Å². The van der Waals surface area contributed by atoms with Gasteiger partial charge >= 0.3 is 0 Å². The van der Waals surface area contributed by atoms with Gasteiger partial charge in [0.05, 0.1) is 0 Å². The molecule has 0 amide bonds. The van der Waals surface area contributed by atoms with Gasteiger partial charge in [0.1, 0.15) is 11.5 Å². The largest absolute Gasteiger partial charge is 0.290 e. The molecule has 1 heterocycles. The van der Waals surface area contributed by atoms with E-state index in [0.717, 1.165) is 5.75 Å². The Kier molecular flexibility index (Phi) is 3.70. The third-order valence-corrected chi connectivity index (χ3v) is 4.24. The first-order valence-corrected chi connectivity index (χ1v) is 5.86. The maximum absolute atomic E-state index is 11.1. The second kappa shape index (κ2) is 4.60. The van der Waals surface area contributed by atoms with E-state index in [1.54, 1.807) is 6.08 Å². The molecule has 0 unspecified atom stereocenters. The second-order valence-corrected chi connectivity index (χ2v) is 5.17. The van der Waals surface area contributed by atoms with Gasteiger partial charge in [0.2, 0.25) is 5.78 Å². The van der Waals surface area contributed by atoms with Gasteiger partial charge in [-0.25, -0.2) is 0 Å². The van der Waals surface area contributed by atoms with Crippen LogP contribution in [0.4, 0.5) is 0 Å². The van der Waals surface area contributed by atoms with Crippen molar-refractivity contribution in [3.8, 4) is 0 Å². The summed E-state index contributed by atoms with van der Waals surface area (Å²) >= 11 is 0. The van der Waals surface area contributed by atoms with E-state index < -0.39 is 0 Å². The van der Waals surface area contributed by atoms with Crippen LogP contribution in [0.5, 0.6) is 0 Å². The lowest BCUT2D eigenvalue weighted by atomic mass is 10.4. The Bertz CT molecular complexity index is 157. The first kappa shape index (κ1) is 8.85. The molecule has 62 valence electrons. The van der Waals surface area contributed by atoms with Crippen molar-refractivity contribution < 1.29 is 4.79 Å². The van der Waals surface area contributed by atoms with Crippen LogP contribution >= 0.6 is 0 Å². The highest BCUT2D eigenvalue weighted by Gasteiger charge is 2.25. The van der Waals surface area contributed by atoms with Crippen LogP contribution < -0.4 is 0 Å². The van der Waals surface area contributed by atoms with Crippen LogP contribution in [-0.2, 0) is 15.7 Å². The summed E-state index contributed by atoms with van der Waals surface area (Å²) in [6.45, 7) is 1.90. The molecule has 0 spiro atoms. The predicted octanol–water partition coefficient (Wildman–Crippen LogP) is 1.54. The molecule has 0 aromatic carbocycles. The smallest absolute Gasteiger partial charge is 0.204 e. The van der Waals surface area contributed by atoms with E-state index in [0.29, 0.717) is 16.7 Å². The molecule has 0 saturated carbocycles. The van der Waals surface area contributed by atoms with Gasteiger partial charge in [0.25, 0.3) is 0 Å². The van der Waals surface area contributed by atoms with Gasteiger partial charge in [-0.05, 0) is 36.7 Å². The van der Waals surface area contributed by atoms with Crippen LogP contribution in [0.3, 0.4) is 0 Å². The first-order valence-electron chi connectivity index (χ1n) is 4.12. The zero-order chi connectivity index (χ0) is 8.10.